The fourth-order valence-electron chi connectivity index (χ4n) is 2.47. The number of rotatable bonds is 12. The standard InChI is InChI=1S/C21H28ClNO3.ClH/c1-3-24-13-5-12-23-15-18-8-11-20(21(14-18)25-4-2)26-16-17-6-9-19(22)10-7-17;/h6-11,14,23H,3-5,12-13,15-16H2,1-2H3;1H. The third-order valence-electron chi connectivity index (χ3n) is 3.79. The van der Waals surface area contributed by atoms with Crippen molar-refractivity contribution < 1.29 is 14.2 Å². The maximum atomic E-state index is 5.94. The van der Waals surface area contributed by atoms with Crippen LogP contribution in [-0.4, -0.2) is 26.4 Å². The number of benzene rings is 2. The van der Waals surface area contributed by atoms with Crippen molar-refractivity contribution in [3.05, 3.63) is 58.6 Å². The molecule has 0 aliphatic rings. The van der Waals surface area contributed by atoms with Crippen molar-refractivity contribution in [1.82, 2.24) is 5.32 Å². The average molecular weight is 414 g/mol. The van der Waals surface area contributed by atoms with Gasteiger partial charge in [-0.2, -0.15) is 0 Å². The van der Waals surface area contributed by atoms with Gasteiger partial charge in [-0.15, -0.1) is 12.4 Å². The van der Waals surface area contributed by atoms with Gasteiger partial charge in [-0.1, -0.05) is 29.8 Å². The molecule has 2 aromatic rings. The van der Waals surface area contributed by atoms with Crippen molar-refractivity contribution in [3.63, 3.8) is 0 Å². The SMILES string of the molecule is CCOCCCNCc1ccc(OCc2ccc(Cl)cc2)c(OCC)c1.Cl. The van der Waals surface area contributed by atoms with Crippen LogP contribution in [-0.2, 0) is 17.9 Å². The molecule has 6 heteroatoms. The van der Waals surface area contributed by atoms with Gasteiger partial charge in [0.25, 0.3) is 0 Å². The Balaban J connectivity index is 0.00000364. The molecule has 0 radical (unpaired) electrons. The molecule has 0 saturated carbocycles. The molecule has 0 saturated heterocycles. The molecule has 2 aromatic carbocycles. The second kappa shape index (κ2) is 13.7. The highest BCUT2D eigenvalue weighted by molar-refractivity contribution is 6.30. The van der Waals surface area contributed by atoms with Crippen LogP contribution in [0.1, 0.15) is 31.4 Å². The predicted molar refractivity (Wildman–Crippen MR) is 113 cm³/mol. The molecule has 0 spiro atoms. The summed E-state index contributed by atoms with van der Waals surface area (Å²) >= 11 is 5.92. The number of hydrogen-bond donors (Lipinski definition) is 1. The van der Waals surface area contributed by atoms with Crippen molar-refractivity contribution in [1.29, 1.82) is 0 Å². The second-order valence-electron chi connectivity index (χ2n) is 5.86. The molecule has 0 aliphatic heterocycles. The summed E-state index contributed by atoms with van der Waals surface area (Å²) in [5.41, 5.74) is 2.24. The van der Waals surface area contributed by atoms with Crippen molar-refractivity contribution in [2.24, 2.45) is 0 Å². The summed E-state index contributed by atoms with van der Waals surface area (Å²) in [4.78, 5) is 0. The van der Waals surface area contributed by atoms with Crippen molar-refractivity contribution in [2.75, 3.05) is 26.4 Å². The van der Waals surface area contributed by atoms with Crippen molar-refractivity contribution >= 4 is 24.0 Å². The summed E-state index contributed by atoms with van der Waals surface area (Å²) in [5.74, 6) is 1.52. The lowest BCUT2D eigenvalue weighted by Gasteiger charge is -2.14. The number of halogens is 2. The Morgan fingerprint density at radius 2 is 1.63 bits per heavy atom. The van der Waals surface area contributed by atoms with E-state index in [-0.39, 0.29) is 12.4 Å². The minimum Gasteiger partial charge on any atom is -0.490 e. The smallest absolute Gasteiger partial charge is 0.161 e. The van der Waals surface area contributed by atoms with E-state index < -0.39 is 0 Å². The molecule has 0 bridgehead atoms. The minimum absolute atomic E-state index is 0. The first-order valence-corrected chi connectivity index (χ1v) is 9.52. The Hall–Kier alpha value is -1.46. The molecule has 1 N–H and O–H groups in total. The molecule has 0 unspecified atom stereocenters. The Kier molecular flexibility index (Phi) is 11.9. The van der Waals surface area contributed by atoms with Gasteiger partial charge in [0.15, 0.2) is 11.5 Å². The summed E-state index contributed by atoms with van der Waals surface area (Å²) < 4.78 is 17.0. The zero-order valence-corrected chi connectivity index (χ0v) is 17.6. The molecule has 0 amide bonds. The third kappa shape index (κ3) is 8.85. The zero-order chi connectivity index (χ0) is 18.6. The highest BCUT2D eigenvalue weighted by Crippen LogP contribution is 2.29. The van der Waals surface area contributed by atoms with Crippen LogP contribution in [0.25, 0.3) is 0 Å². The predicted octanol–water partition coefficient (Wildman–Crippen LogP) is 5.26. The van der Waals surface area contributed by atoms with Crippen molar-refractivity contribution in [2.45, 2.75) is 33.4 Å². The van der Waals surface area contributed by atoms with E-state index in [0.717, 1.165) is 54.8 Å². The van der Waals surface area contributed by atoms with E-state index >= 15 is 0 Å². The van der Waals surface area contributed by atoms with Crippen LogP contribution in [0.2, 0.25) is 5.02 Å². The van der Waals surface area contributed by atoms with Gasteiger partial charge >= 0.3 is 0 Å². The van der Waals surface area contributed by atoms with Crippen LogP contribution in [0.3, 0.4) is 0 Å². The van der Waals surface area contributed by atoms with Crippen LogP contribution in [0, 0.1) is 0 Å². The summed E-state index contributed by atoms with van der Waals surface area (Å²) in [5, 5.41) is 4.15. The number of nitrogens with one attached hydrogen (secondary N) is 1. The molecule has 0 atom stereocenters. The van der Waals surface area contributed by atoms with E-state index in [1.807, 2.05) is 50.2 Å². The topological polar surface area (TPSA) is 39.7 Å². The third-order valence-corrected chi connectivity index (χ3v) is 4.04. The van der Waals surface area contributed by atoms with Gasteiger partial charge in [0, 0.05) is 24.8 Å². The van der Waals surface area contributed by atoms with Crippen LogP contribution in [0.15, 0.2) is 42.5 Å². The Morgan fingerprint density at radius 3 is 2.33 bits per heavy atom. The molecule has 27 heavy (non-hydrogen) atoms. The second-order valence-corrected chi connectivity index (χ2v) is 6.29. The number of hydrogen-bond acceptors (Lipinski definition) is 4. The quantitative estimate of drug-likeness (QED) is 0.481. The maximum absolute atomic E-state index is 5.94. The molecule has 0 aliphatic carbocycles. The molecular formula is C21H29Cl2NO3. The van der Waals surface area contributed by atoms with Gasteiger partial charge < -0.3 is 19.5 Å². The van der Waals surface area contributed by atoms with Gasteiger partial charge in [-0.3, -0.25) is 0 Å². The Labute approximate surface area is 173 Å². The molecular weight excluding hydrogens is 385 g/mol. The minimum atomic E-state index is 0. The van der Waals surface area contributed by atoms with Gasteiger partial charge in [0.05, 0.1) is 6.61 Å². The van der Waals surface area contributed by atoms with Gasteiger partial charge in [0.2, 0.25) is 0 Å². The van der Waals surface area contributed by atoms with E-state index in [2.05, 4.69) is 11.4 Å². The molecule has 2 rings (SSSR count). The maximum Gasteiger partial charge on any atom is 0.161 e. The fourth-order valence-corrected chi connectivity index (χ4v) is 2.59. The van der Waals surface area contributed by atoms with E-state index in [9.17, 15) is 0 Å². The lowest BCUT2D eigenvalue weighted by atomic mass is 10.2. The van der Waals surface area contributed by atoms with E-state index in [1.165, 1.54) is 5.56 Å². The first kappa shape index (κ1) is 23.6. The lowest BCUT2D eigenvalue weighted by Crippen LogP contribution is -2.16. The summed E-state index contributed by atoms with van der Waals surface area (Å²) in [6, 6.07) is 13.7. The van der Waals surface area contributed by atoms with Gasteiger partial charge in [-0.05, 0) is 62.2 Å². The highest BCUT2D eigenvalue weighted by atomic mass is 35.5. The largest absolute Gasteiger partial charge is 0.490 e. The average Bonchev–Trinajstić information content (AvgIpc) is 2.65. The summed E-state index contributed by atoms with van der Waals surface area (Å²) in [6.07, 6.45) is 1.01. The van der Waals surface area contributed by atoms with Crippen LogP contribution >= 0.6 is 24.0 Å². The Bertz CT molecular complexity index is 650. The van der Waals surface area contributed by atoms with Gasteiger partial charge in [-0.25, -0.2) is 0 Å². The Morgan fingerprint density at radius 1 is 0.889 bits per heavy atom. The van der Waals surface area contributed by atoms with Crippen molar-refractivity contribution in [3.8, 4) is 11.5 Å². The fraction of sp³-hybridized carbons (Fsp3) is 0.429. The molecule has 0 aromatic heterocycles. The number of ether oxygens (including phenoxy) is 3. The van der Waals surface area contributed by atoms with E-state index in [0.29, 0.717) is 13.2 Å². The van der Waals surface area contributed by atoms with Crippen LogP contribution in [0.5, 0.6) is 11.5 Å². The van der Waals surface area contributed by atoms with E-state index in [1.54, 1.807) is 0 Å². The molecule has 4 nitrogen and oxygen atoms in total. The monoisotopic (exact) mass is 413 g/mol. The molecule has 0 heterocycles. The van der Waals surface area contributed by atoms with E-state index in [4.69, 9.17) is 25.8 Å². The van der Waals surface area contributed by atoms with Crippen LogP contribution < -0.4 is 14.8 Å². The van der Waals surface area contributed by atoms with Gasteiger partial charge in [0.1, 0.15) is 6.61 Å². The zero-order valence-electron chi connectivity index (χ0n) is 16.0. The van der Waals surface area contributed by atoms with Crippen LogP contribution in [0.4, 0.5) is 0 Å². The summed E-state index contributed by atoms with van der Waals surface area (Å²) in [6.45, 7) is 8.36. The first-order valence-electron chi connectivity index (χ1n) is 9.14. The first-order chi connectivity index (χ1) is 12.7. The summed E-state index contributed by atoms with van der Waals surface area (Å²) in [7, 11) is 0. The highest BCUT2D eigenvalue weighted by Gasteiger charge is 2.07. The lowest BCUT2D eigenvalue weighted by molar-refractivity contribution is 0.144. The normalized spacial score (nSPS) is 10.3. The molecule has 0 fully saturated rings. The molecule has 150 valence electrons.